The van der Waals surface area contributed by atoms with Gasteiger partial charge in [0.15, 0.2) is 0 Å². The Bertz CT molecular complexity index is 1260. The van der Waals surface area contributed by atoms with Gasteiger partial charge < -0.3 is 19.4 Å². The number of hydrogen-bond donors (Lipinski definition) is 1. The lowest BCUT2D eigenvalue weighted by atomic mass is 10.1. The van der Waals surface area contributed by atoms with Crippen LogP contribution >= 0.6 is 0 Å². The van der Waals surface area contributed by atoms with Gasteiger partial charge in [-0.25, -0.2) is 4.52 Å². The van der Waals surface area contributed by atoms with E-state index in [1.165, 1.54) is 16.2 Å². The summed E-state index contributed by atoms with van der Waals surface area (Å²) in [6, 6.07) is 16.2. The molecule has 1 amide bonds. The highest BCUT2D eigenvalue weighted by Crippen LogP contribution is 2.23. The van der Waals surface area contributed by atoms with Crippen LogP contribution < -0.4 is 20.3 Å². The number of ether oxygens (including phenoxy) is 2. The van der Waals surface area contributed by atoms with Gasteiger partial charge in [0, 0.05) is 18.0 Å². The molecule has 30 heavy (non-hydrogen) atoms. The minimum Gasteiger partial charge on any atom is -0.497 e. The van der Waals surface area contributed by atoms with Gasteiger partial charge in [-0.05, 0) is 42.5 Å². The first-order valence-electron chi connectivity index (χ1n) is 9.25. The first kappa shape index (κ1) is 19.3. The largest absolute Gasteiger partial charge is 0.497 e. The zero-order valence-electron chi connectivity index (χ0n) is 16.5. The Hall–Kier alpha value is -4.07. The second kappa shape index (κ2) is 8.12. The van der Waals surface area contributed by atoms with Crippen molar-refractivity contribution in [3.8, 4) is 22.8 Å². The molecular weight excluding hydrogens is 384 g/mol. The molecule has 0 aliphatic rings. The number of anilines is 1. The molecule has 0 radical (unpaired) electrons. The van der Waals surface area contributed by atoms with Crippen LogP contribution in [0.3, 0.4) is 0 Å². The molecular formula is C22H20N4O4. The summed E-state index contributed by atoms with van der Waals surface area (Å²) in [7, 11) is 3.13. The van der Waals surface area contributed by atoms with Crippen LogP contribution in [0, 0.1) is 0 Å². The zero-order chi connectivity index (χ0) is 21.1. The Labute approximate surface area is 172 Å². The van der Waals surface area contributed by atoms with Crippen molar-refractivity contribution in [2.75, 3.05) is 19.5 Å². The molecule has 0 bridgehead atoms. The van der Waals surface area contributed by atoms with Crippen molar-refractivity contribution < 1.29 is 14.3 Å². The zero-order valence-corrected chi connectivity index (χ0v) is 16.5. The van der Waals surface area contributed by atoms with Crippen molar-refractivity contribution in [3.63, 3.8) is 0 Å². The molecule has 2 heterocycles. The normalized spacial score (nSPS) is 10.7. The van der Waals surface area contributed by atoms with Crippen LogP contribution in [0.1, 0.15) is 0 Å². The molecule has 0 spiro atoms. The molecule has 0 fully saturated rings. The van der Waals surface area contributed by atoms with E-state index >= 15 is 0 Å². The van der Waals surface area contributed by atoms with Gasteiger partial charge in [-0.2, -0.15) is 5.10 Å². The van der Waals surface area contributed by atoms with Gasteiger partial charge in [0.05, 0.1) is 25.6 Å². The van der Waals surface area contributed by atoms with E-state index in [2.05, 4.69) is 10.4 Å². The van der Waals surface area contributed by atoms with Crippen molar-refractivity contribution in [2.45, 2.75) is 6.54 Å². The first-order chi connectivity index (χ1) is 14.6. The number of carbonyl (C=O) groups excluding carboxylic acids is 1. The fourth-order valence-electron chi connectivity index (χ4n) is 3.15. The molecule has 2 aromatic heterocycles. The number of carbonyl (C=O) groups is 1. The Balaban J connectivity index is 1.58. The third-order valence-corrected chi connectivity index (χ3v) is 4.68. The second-order valence-corrected chi connectivity index (χ2v) is 6.57. The number of benzene rings is 2. The van der Waals surface area contributed by atoms with E-state index in [1.807, 2.05) is 30.3 Å². The number of nitrogens with one attached hydrogen (secondary N) is 1. The lowest BCUT2D eigenvalue weighted by Gasteiger charge is -2.10. The van der Waals surface area contributed by atoms with E-state index in [0.717, 1.165) is 11.3 Å². The topological polar surface area (TPSA) is 86.9 Å². The Morgan fingerprint density at radius 2 is 1.80 bits per heavy atom. The van der Waals surface area contributed by atoms with E-state index in [0.29, 0.717) is 22.6 Å². The number of nitrogens with zero attached hydrogens (tertiary/aromatic N) is 3. The number of hydrogen-bond acceptors (Lipinski definition) is 5. The van der Waals surface area contributed by atoms with Crippen molar-refractivity contribution >= 4 is 17.1 Å². The molecule has 0 saturated carbocycles. The molecule has 0 unspecified atom stereocenters. The molecule has 8 heteroatoms. The quantitative estimate of drug-likeness (QED) is 0.534. The van der Waals surface area contributed by atoms with Crippen LogP contribution in [-0.2, 0) is 11.3 Å². The number of aromatic nitrogens is 3. The van der Waals surface area contributed by atoms with E-state index in [1.54, 1.807) is 43.8 Å². The molecule has 4 rings (SSSR count). The smallest absolute Gasteiger partial charge is 0.277 e. The number of methoxy groups -OCH3 is 2. The summed E-state index contributed by atoms with van der Waals surface area (Å²) in [5.41, 5.74) is 2.14. The standard InChI is InChI=1S/C22H20N4O4/c1-29-16-9-7-15(8-10-16)18-13-19-22(28)25(11-12-26(19)24-18)14-21(27)23-17-5-3-4-6-20(17)30-2/h3-13H,14H2,1-2H3,(H,23,27). The Morgan fingerprint density at radius 3 is 2.53 bits per heavy atom. The molecule has 0 atom stereocenters. The monoisotopic (exact) mass is 404 g/mol. The second-order valence-electron chi connectivity index (χ2n) is 6.57. The van der Waals surface area contributed by atoms with Crippen LogP contribution in [0.25, 0.3) is 16.8 Å². The van der Waals surface area contributed by atoms with Crippen molar-refractivity contribution in [3.05, 3.63) is 77.3 Å². The highest BCUT2D eigenvalue weighted by Gasteiger charge is 2.12. The van der Waals surface area contributed by atoms with Gasteiger partial charge in [-0.3, -0.25) is 9.59 Å². The molecule has 1 N–H and O–H groups in total. The van der Waals surface area contributed by atoms with Crippen molar-refractivity contribution in [2.24, 2.45) is 0 Å². The predicted molar refractivity (Wildman–Crippen MR) is 113 cm³/mol. The fourth-order valence-corrected chi connectivity index (χ4v) is 3.15. The van der Waals surface area contributed by atoms with Gasteiger partial charge in [0.25, 0.3) is 5.56 Å². The molecule has 4 aromatic rings. The van der Waals surface area contributed by atoms with Crippen LogP contribution in [0.5, 0.6) is 11.5 Å². The fraction of sp³-hybridized carbons (Fsp3) is 0.136. The summed E-state index contributed by atoms with van der Waals surface area (Å²) >= 11 is 0. The highest BCUT2D eigenvalue weighted by molar-refractivity contribution is 5.92. The third kappa shape index (κ3) is 3.75. The lowest BCUT2D eigenvalue weighted by Crippen LogP contribution is -2.28. The van der Waals surface area contributed by atoms with Crippen LogP contribution in [0.15, 0.2) is 71.8 Å². The number of fused-ring (bicyclic) bond motifs is 1. The maximum absolute atomic E-state index is 12.9. The highest BCUT2D eigenvalue weighted by atomic mass is 16.5. The molecule has 2 aromatic carbocycles. The molecule has 8 nitrogen and oxygen atoms in total. The number of amides is 1. The van der Waals surface area contributed by atoms with Crippen molar-refractivity contribution in [1.82, 2.24) is 14.2 Å². The average Bonchev–Trinajstić information content (AvgIpc) is 3.21. The van der Waals surface area contributed by atoms with Gasteiger partial charge in [0.2, 0.25) is 5.91 Å². The predicted octanol–water partition coefficient (Wildman–Crippen LogP) is 2.82. The van der Waals surface area contributed by atoms with E-state index in [9.17, 15) is 9.59 Å². The maximum atomic E-state index is 12.9. The average molecular weight is 404 g/mol. The van der Waals surface area contributed by atoms with E-state index in [4.69, 9.17) is 9.47 Å². The third-order valence-electron chi connectivity index (χ3n) is 4.68. The van der Waals surface area contributed by atoms with Crippen LogP contribution in [0.2, 0.25) is 0 Å². The number of rotatable bonds is 6. The number of para-hydroxylation sites is 2. The minimum atomic E-state index is -0.333. The molecule has 0 saturated heterocycles. The Morgan fingerprint density at radius 1 is 1.03 bits per heavy atom. The van der Waals surface area contributed by atoms with Crippen molar-refractivity contribution in [1.29, 1.82) is 0 Å². The summed E-state index contributed by atoms with van der Waals surface area (Å²) in [6.45, 7) is -0.129. The summed E-state index contributed by atoms with van der Waals surface area (Å²) in [6.07, 6.45) is 3.20. The first-order valence-corrected chi connectivity index (χ1v) is 9.25. The van der Waals surface area contributed by atoms with Gasteiger partial charge in [0.1, 0.15) is 23.6 Å². The minimum absolute atomic E-state index is 0.129. The van der Waals surface area contributed by atoms with Gasteiger partial charge in [-0.1, -0.05) is 12.1 Å². The Kier molecular flexibility index (Phi) is 5.21. The van der Waals surface area contributed by atoms with E-state index in [-0.39, 0.29) is 18.0 Å². The SMILES string of the molecule is COc1ccc(-c2cc3c(=O)n(CC(=O)Nc4ccccc4OC)ccn3n2)cc1. The molecule has 0 aliphatic carbocycles. The van der Waals surface area contributed by atoms with Crippen LogP contribution in [-0.4, -0.2) is 34.3 Å². The molecule has 0 aliphatic heterocycles. The summed E-state index contributed by atoms with van der Waals surface area (Å²) in [5, 5.41) is 7.22. The molecule has 152 valence electrons. The summed E-state index contributed by atoms with van der Waals surface area (Å²) in [4.78, 5) is 25.3. The van der Waals surface area contributed by atoms with Crippen LogP contribution in [0.4, 0.5) is 5.69 Å². The van der Waals surface area contributed by atoms with E-state index < -0.39 is 0 Å². The maximum Gasteiger partial charge on any atom is 0.277 e. The van der Waals surface area contributed by atoms with Gasteiger partial charge >= 0.3 is 0 Å². The lowest BCUT2D eigenvalue weighted by molar-refractivity contribution is -0.116. The van der Waals surface area contributed by atoms with Gasteiger partial charge in [-0.15, -0.1) is 0 Å². The summed E-state index contributed by atoms with van der Waals surface area (Å²) < 4.78 is 13.3. The summed E-state index contributed by atoms with van der Waals surface area (Å²) in [5.74, 6) is 0.959.